The van der Waals surface area contributed by atoms with Crippen LogP contribution >= 0.6 is 11.3 Å². The second-order valence-corrected chi connectivity index (χ2v) is 14.3. The Morgan fingerprint density at radius 3 is 1.79 bits per heavy atom. The second-order valence-electron chi connectivity index (χ2n) is 13.2. The number of aromatic nitrogens is 4. The first-order chi connectivity index (χ1) is 25.8. The molecule has 11 rings (SSSR count). The molecule has 0 amide bonds. The first kappa shape index (κ1) is 29.1. The summed E-state index contributed by atoms with van der Waals surface area (Å²) >= 11 is 1.86. The van der Waals surface area contributed by atoms with Crippen molar-refractivity contribution >= 4 is 75.1 Å². The van der Waals surface area contributed by atoms with Gasteiger partial charge in [-0.2, -0.15) is 4.98 Å². The lowest BCUT2D eigenvalue weighted by Gasteiger charge is -2.15. The zero-order chi connectivity index (χ0) is 34.2. The summed E-state index contributed by atoms with van der Waals surface area (Å²) in [4.78, 5) is 15.6. The zero-order valence-electron chi connectivity index (χ0n) is 27.9. The number of hydrogen-bond donors (Lipinski definition) is 0. The molecule has 11 aromatic rings. The van der Waals surface area contributed by atoms with Crippen LogP contribution in [-0.2, 0) is 0 Å². The third-order valence-electron chi connectivity index (χ3n) is 10.2. The van der Waals surface area contributed by atoms with Gasteiger partial charge in [0.15, 0.2) is 5.65 Å². The molecule has 0 spiro atoms. The fraction of sp³-hybridized carbons (Fsp3) is 0. The number of nitrogens with zero attached hydrogens (tertiary/aromatic N) is 4. The number of benzene rings is 7. The van der Waals surface area contributed by atoms with E-state index in [2.05, 4.69) is 162 Å². The van der Waals surface area contributed by atoms with E-state index in [1.54, 1.807) is 0 Å². The van der Waals surface area contributed by atoms with Crippen LogP contribution in [-0.4, -0.2) is 19.5 Å². The van der Waals surface area contributed by atoms with Crippen molar-refractivity contribution in [2.75, 3.05) is 0 Å². The van der Waals surface area contributed by atoms with E-state index in [4.69, 9.17) is 15.0 Å². The van der Waals surface area contributed by atoms with Crippen molar-refractivity contribution in [3.63, 3.8) is 0 Å². The van der Waals surface area contributed by atoms with E-state index in [0.29, 0.717) is 11.6 Å². The molecule has 0 atom stereocenters. The van der Waals surface area contributed by atoms with Crippen LogP contribution in [0.2, 0.25) is 0 Å². The Balaban J connectivity index is 1.27. The Morgan fingerprint density at radius 2 is 1.04 bits per heavy atom. The highest BCUT2D eigenvalue weighted by atomic mass is 32.1. The van der Waals surface area contributed by atoms with E-state index in [9.17, 15) is 0 Å². The fourth-order valence-electron chi connectivity index (χ4n) is 7.96. The second kappa shape index (κ2) is 11.4. The van der Waals surface area contributed by atoms with Crippen molar-refractivity contribution in [3.8, 4) is 39.5 Å². The van der Waals surface area contributed by atoms with E-state index in [-0.39, 0.29) is 0 Å². The van der Waals surface area contributed by atoms with Crippen molar-refractivity contribution in [2.45, 2.75) is 0 Å². The molecule has 242 valence electrons. The third-order valence-corrected chi connectivity index (χ3v) is 11.4. The molecule has 5 heteroatoms. The first-order valence-corrected chi connectivity index (χ1v) is 18.3. The van der Waals surface area contributed by atoms with Crippen LogP contribution in [0.4, 0.5) is 0 Å². The van der Waals surface area contributed by atoms with E-state index in [1.807, 2.05) is 23.6 Å². The van der Waals surface area contributed by atoms with Crippen LogP contribution in [0.3, 0.4) is 0 Å². The molecule has 0 N–H and O–H groups in total. The van der Waals surface area contributed by atoms with Crippen LogP contribution in [0.15, 0.2) is 170 Å². The van der Waals surface area contributed by atoms with Crippen molar-refractivity contribution in [2.24, 2.45) is 0 Å². The molecule has 0 radical (unpaired) electrons. The van der Waals surface area contributed by atoms with Crippen molar-refractivity contribution in [1.82, 2.24) is 19.5 Å². The maximum absolute atomic E-state index is 5.53. The maximum Gasteiger partial charge on any atom is 0.237 e. The zero-order valence-corrected chi connectivity index (χ0v) is 28.7. The standard InChI is InChI=1S/C47H28N4S/c1-3-14-29(15-4-1)31-26-32(30-16-5-2-6-17-30)28-33(27-31)43-38-22-13-25-48-46(38)50-47(49-43)51-39-23-11-9-20-36(39)42-44(51)35-19-8-7-18-34(35)41-37-21-10-12-24-40(37)52-45(41)42/h1-28H. The average molecular weight is 681 g/mol. The number of fused-ring (bicyclic) bond motifs is 11. The summed E-state index contributed by atoms with van der Waals surface area (Å²) in [5.41, 5.74) is 9.26. The lowest BCUT2D eigenvalue weighted by molar-refractivity contribution is 1.01. The summed E-state index contributed by atoms with van der Waals surface area (Å²) in [7, 11) is 0. The number of pyridine rings is 1. The van der Waals surface area contributed by atoms with Gasteiger partial charge in [-0.3, -0.25) is 4.57 Å². The molecule has 4 aromatic heterocycles. The minimum Gasteiger partial charge on any atom is -0.277 e. The highest BCUT2D eigenvalue weighted by Crippen LogP contribution is 2.48. The molecule has 0 saturated carbocycles. The van der Waals surface area contributed by atoms with E-state index in [0.717, 1.165) is 49.9 Å². The largest absolute Gasteiger partial charge is 0.277 e. The molecule has 0 aliphatic heterocycles. The SMILES string of the molecule is c1ccc(-c2cc(-c3ccccc3)cc(-c3nc(-n4c5ccccc5c5c6sc7ccccc7c6c6ccccc6c54)nc4ncccc34)c2)cc1. The number of rotatable bonds is 4. The van der Waals surface area contributed by atoms with Gasteiger partial charge >= 0.3 is 0 Å². The van der Waals surface area contributed by atoms with Crippen LogP contribution in [0.1, 0.15) is 0 Å². The van der Waals surface area contributed by atoms with Crippen LogP contribution in [0.25, 0.3) is 103 Å². The summed E-state index contributed by atoms with van der Waals surface area (Å²) in [6, 6.07) is 58.2. The predicted octanol–water partition coefficient (Wildman–Crippen LogP) is 12.6. The van der Waals surface area contributed by atoms with Gasteiger partial charge in [-0.1, -0.05) is 121 Å². The predicted molar refractivity (Wildman–Crippen MR) is 218 cm³/mol. The number of hydrogen-bond acceptors (Lipinski definition) is 4. The van der Waals surface area contributed by atoms with Gasteiger partial charge in [0.2, 0.25) is 5.95 Å². The Bertz CT molecular complexity index is 3120. The average Bonchev–Trinajstić information content (AvgIpc) is 3.78. The van der Waals surface area contributed by atoms with Crippen LogP contribution < -0.4 is 0 Å². The van der Waals surface area contributed by atoms with E-state index >= 15 is 0 Å². The van der Waals surface area contributed by atoms with Gasteiger partial charge in [-0.25, -0.2) is 9.97 Å². The summed E-state index contributed by atoms with van der Waals surface area (Å²) in [5, 5.41) is 8.32. The van der Waals surface area contributed by atoms with Crippen LogP contribution in [0, 0.1) is 0 Å². The molecule has 4 heterocycles. The van der Waals surface area contributed by atoms with Crippen molar-refractivity contribution in [3.05, 3.63) is 170 Å². The van der Waals surface area contributed by atoms with E-state index in [1.165, 1.54) is 41.7 Å². The summed E-state index contributed by atoms with van der Waals surface area (Å²) in [6.07, 6.45) is 1.82. The smallest absolute Gasteiger partial charge is 0.237 e. The Kier molecular flexibility index (Phi) is 6.39. The van der Waals surface area contributed by atoms with Gasteiger partial charge in [-0.15, -0.1) is 11.3 Å². The molecule has 0 fully saturated rings. The molecule has 0 aliphatic rings. The van der Waals surface area contributed by atoms with Crippen LogP contribution in [0.5, 0.6) is 0 Å². The normalized spacial score (nSPS) is 11.8. The lowest BCUT2D eigenvalue weighted by atomic mass is 9.94. The fourth-order valence-corrected chi connectivity index (χ4v) is 9.24. The van der Waals surface area contributed by atoms with Gasteiger partial charge in [0.1, 0.15) is 0 Å². The van der Waals surface area contributed by atoms with Gasteiger partial charge in [0, 0.05) is 53.5 Å². The molecule has 7 aromatic carbocycles. The molecule has 0 aliphatic carbocycles. The molecular formula is C47H28N4S. The molecule has 0 bridgehead atoms. The summed E-state index contributed by atoms with van der Waals surface area (Å²) < 4.78 is 4.84. The lowest BCUT2D eigenvalue weighted by Crippen LogP contribution is -2.04. The molecule has 4 nitrogen and oxygen atoms in total. The van der Waals surface area contributed by atoms with Gasteiger partial charge in [0.25, 0.3) is 0 Å². The van der Waals surface area contributed by atoms with Crippen molar-refractivity contribution in [1.29, 1.82) is 0 Å². The number of thiophene rings is 1. The minimum atomic E-state index is 0.601. The van der Waals surface area contributed by atoms with Crippen molar-refractivity contribution < 1.29 is 0 Å². The molecular weight excluding hydrogens is 653 g/mol. The molecule has 0 saturated heterocycles. The molecule has 52 heavy (non-hydrogen) atoms. The summed E-state index contributed by atoms with van der Waals surface area (Å²) in [5.74, 6) is 0.601. The van der Waals surface area contributed by atoms with E-state index < -0.39 is 0 Å². The Morgan fingerprint density at radius 1 is 0.442 bits per heavy atom. The summed E-state index contributed by atoms with van der Waals surface area (Å²) in [6.45, 7) is 0. The topological polar surface area (TPSA) is 43.6 Å². The molecule has 0 unspecified atom stereocenters. The van der Waals surface area contributed by atoms with Gasteiger partial charge < -0.3 is 0 Å². The monoisotopic (exact) mass is 680 g/mol. The third kappa shape index (κ3) is 4.36. The quantitative estimate of drug-likeness (QED) is 0.186. The highest BCUT2D eigenvalue weighted by molar-refractivity contribution is 7.27. The number of para-hydroxylation sites is 1. The minimum absolute atomic E-state index is 0.601. The van der Waals surface area contributed by atoms with Gasteiger partial charge in [0.05, 0.1) is 16.7 Å². The first-order valence-electron chi connectivity index (χ1n) is 17.4. The highest BCUT2D eigenvalue weighted by Gasteiger charge is 2.24. The Labute approximate surface area is 302 Å². The van der Waals surface area contributed by atoms with Gasteiger partial charge in [-0.05, 0) is 70.1 Å². The Hall–Kier alpha value is -6.69. The maximum atomic E-state index is 5.53.